The molecule has 1 N–H and O–H groups in total. The van der Waals surface area contributed by atoms with Gasteiger partial charge in [0.25, 0.3) is 0 Å². The van der Waals surface area contributed by atoms with E-state index in [1.54, 1.807) is 22.9 Å². The van der Waals surface area contributed by atoms with Crippen LogP contribution in [-0.2, 0) is 11.0 Å². The van der Waals surface area contributed by atoms with Gasteiger partial charge >= 0.3 is 6.18 Å². The number of hydrogen-bond acceptors (Lipinski definition) is 2. The molecule has 1 amide bonds. The van der Waals surface area contributed by atoms with Crippen molar-refractivity contribution in [3.63, 3.8) is 0 Å². The molecule has 0 radical (unpaired) electrons. The summed E-state index contributed by atoms with van der Waals surface area (Å²) in [6.07, 6.45) is -1.07. The second-order valence-corrected chi connectivity index (χ2v) is 7.69. The minimum atomic E-state index is -4.47. The lowest BCUT2D eigenvalue weighted by molar-refractivity contribution is -0.137. The second kappa shape index (κ2) is 8.86. The summed E-state index contributed by atoms with van der Waals surface area (Å²) in [7, 11) is 0. The van der Waals surface area contributed by atoms with Gasteiger partial charge < -0.3 is 9.72 Å². The summed E-state index contributed by atoms with van der Waals surface area (Å²) in [5.74, 6) is -0.854. The zero-order valence-electron chi connectivity index (χ0n) is 17.4. The second-order valence-electron chi connectivity index (χ2n) is 7.69. The fourth-order valence-electron chi connectivity index (χ4n) is 3.85. The van der Waals surface area contributed by atoms with Crippen molar-refractivity contribution < 1.29 is 18.0 Å². The maximum atomic E-state index is 13.4. The standard InChI is InChI=1S/C25H22F3N3O/c1-17(18-8-3-2-4-9-18)30-24(32)15-21(19-10-7-11-20(14-19)25(26,27)28)22-16-29-23-12-5-6-13-31(22)23/h2-14,16-17,21H,15H2,1H3,(H,30,32). The van der Waals surface area contributed by atoms with Crippen LogP contribution in [-0.4, -0.2) is 15.3 Å². The Labute approximate surface area is 183 Å². The minimum absolute atomic E-state index is 0.0127. The highest BCUT2D eigenvalue weighted by Gasteiger charge is 2.32. The third kappa shape index (κ3) is 4.66. The van der Waals surface area contributed by atoms with E-state index in [1.807, 2.05) is 55.5 Å². The number of halogens is 3. The third-order valence-electron chi connectivity index (χ3n) is 5.49. The Balaban J connectivity index is 1.68. The van der Waals surface area contributed by atoms with Gasteiger partial charge in [0.15, 0.2) is 0 Å². The number of fused-ring (bicyclic) bond motifs is 1. The van der Waals surface area contributed by atoms with Crippen molar-refractivity contribution in [2.75, 3.05) is 0 Å². The van der Waals surface area contributed by atoms with E-state index in [0.717, 1.165) is 17.7 Å². The molecule has 2 aromatic heterocycles. The number of carbonyl (C=O) groups is 1. The molecule has 2 atom stereocenters. The average molecular weight is 437 g/mol. The van der Waals surface area contributed by atoms with Gasteiger partial charge in [-0.05, 0) is 36.2 Å². The van der Waals surface area contributed by atoms with Gasteiger partial charge in [-0.25, -0.2) is 4.98 Å². The Morgan fingerprint density at radius 3 is 2.47 bits per heavy atom. The highest BCUT2D eigenvalue weighted by molar-refractivity contribution is 5.78. The van der Waals surface area contributed by atoms with Crippen LogP contribution in [0.5, 0.6) is 0 Å². The molecule has 4 nitrogen and oxygen atoms in total. The van der Waals surface area contributed by atoms with E-state index in [2.05, 4.69) is 10.3 Å². The summed E-state index contributed by atoms with van der Waals surface area (Å²) in [5.41, 5.74) is 1.94. The highest BCUT2D eigenvalue weighted by atomic mass is 19.4. The number of benzene rings is 2. The lowest BCUT2D eigenvalue weighted by Crippen LogP contribution is -2.28. The number of pyridine rings is 1. The molecule has 0 fully saturated rings. The minimum Gasteiger partial charge on any atom is -0.350 e. The van der Waals surface area contributed by atoms with Crippen LogP contribution in [0.1, 0.15) is 47.7 Å². The number of alkyl halides is 3. The van der Waals surface area contributed by atoms with Crippen LogP contribution >= 0.6 is 0 Å². The summed E-state index contributed by atoms with van der Waals surface area (Å²) in [6.45, 7) is 1.88. The molecular weight excluding hydrogens is 415 g/mol. The first-order chi connectivity index (χ1) is 15.3. The van der Waals surface area contributed by atoms with Gasteiger partial charge in [-0.2, -0.15) is 13.2 Å². The Morgan fingerprint density at radius 2 is 1.72 bits per heavy atom. The molecule has 0 saturated heterocycles. The van der Waals surface area contributed by atoms with Gasteiger partial charge in [-0.3, -0.25) is 4.79 Å². The van der Waals surface area contributed by atoms with E-state index >= 15 is 0 Å². The van der Waals surface area contributed by atoms with E-state index in [9.17, 15) is 18.0 Å². The number of carbonyl (C=O) groups excluding carboxylic acids is 1. The number of nitrogens with one attached hydrogen (secondary N) is 1. The number of hydrogen-bond donors (Lipinski definition) is 1. The quantitative estimate of drug-likeness (QED) is 0.417. The molecule has 4 rings (SSSR count). The largest absolute Gasteiger partial charge is 0.416 e. The van der Waals surface area contributed by atoms with Crippen LogP contribution in [0.15, 0.2) is 85.2 Å². The van der Waals surface area contributed by atoms with E-state index in [-0.39, 0.29) is 18.4 Å². The first-order valence-corrected chi connectivity index (χ1v) is 10.3. The summed E-state index contributed by atoms with van der Waals surface area (Å²) >= 11 is 0. The molecule has 32 heavy (non-hydrogen) atoms. The number of nitrogens with zero attached hydrogens (tertiary/aromatic N) is 2. The van der Waals surface area contributed by atoms with Crippen molar-refractivity contribution in [3.8, 4) is 0 Å². The first kappa shape index (κ1) is 21.6. The SMILES string of the molecule is CC(NC(=O)CC(c1cccc(C(F)(F)F)c1)c1cnc2ccccn12)c1ccccc1. The number of aromatic nitrogens is 2. The van der Waals surface area contributed by atoms with Crippen molar-refractivity contribution in [1.29, 1.82) is 0 Å². The van der Waals surface area contributed by atoms with E-state index in [4.69, 9.17) is 0 Å². The van der Waals surface area contributed by atoms with Crippen LogP contribution in [0.25, 0.3) is 5.65 Å². The highest BCUT2D eigenvalue weighted by Crippen LogP contribution is 2.34. The van der Waals surface area contributed by atoms with E-state index in [0.29, 0.717) is 16.9 Å². The summed E-state index contributed by atoms with van der Waals surface area (Å²) in [5, 5.41) is 2.96. The molecule has 2 heterocycles. The monoisotopic (exact) mass is 437 g/mol. The maximum Gasteiger partial charge on any atom is 0.416 e. The molecule has 0 aliphatic heterocycles. The van der Waals surface area contributed by atoms with Crippen LogP contribution in [0.2, 0.25) is 0 Å². The predicted octanol–water partition coefficient (Wildman–Crippen LogP) is 5.75. The summed E-state index contributed by atoms with van der Waals surface area (Å²) in [4.78, 5) is 17.3. The van der Waals surface area contributed by atoms with Crippen molar-refractivity contribution in [3.05, 3.63) is 108 Å². The van der Waals surface area contributed by atoms with Gasteiger partial charge in [0.05, 0.1) is 17.3 Å². The van der Waals surface area contributed by atoms with Crippen molar-refractivity contribution in [1.82, 2.24) is 14.7 Å². The lowest BCUT2D eigenvalue weighted by Gasteiger charge is -2.20. The van der Waals surface area contributed by atoms with Crippen molar-refractivity contribution in [2.24, 2.45) is 0 Å². The van der Waals surface area contributed by atoms with Gasteiger partial charge in [0, 0.05) is 24.7 Å². The molecule has 2 aromatic carbocycles. The average Bonchev–Trinajstić information content (AvgIpc) is 3.21. The fourth-order valence-corrected chi connectivity index (χ4v) is 3.85. The smallest absolute Gasteiger partial charge is 0.350 e. The molecule has 2 unspecified atom stereocenters. The molecule has 0 bridgehead atoms. The normalized spacial score (nSPS) is 13.6. The van der Waals surface area contributed by atoms with Crippen LogP contribution < -0.4 is 5.32 Å². The molecule has 0 spiro atoms. The molecular formula is C25H22F3N3O. The summed E-state index contributed by atoms with van der Waals surface area (Å²) < 4.78 is 41.9. The van der Waals surface area contributed by atoms with Crippen LogP contribution in [0, 0.1) is 0 Å². The number of amides is 1. The van der Waals surface area contributed by atoms with E-state index < -0.39 is 17.7 Å². The molecule has 0 aliphatic carbocycles. The Morgan fingerprint density at radius 1 is 1.00 bits per heavy atom. The van der Waals surface area contributed by atoms with Crippen molar-refractivity contribution in [2.45, 2.75) is 31.5 Å². The number of rotatable bonds is 6. The topological polar surface area (TPSA) is 46.4 Å². The first-order valence-electron chi connectivity index (χ1n) is 10.3. The Bertz CT molecular complexity index is 1220. The fraction of sp³-hybridized carbons (Fsp3) is 0.200. The molecule has 164 valence electrons. The van der Waals surface area contributed by atoms with Gasteiger partial charge in [0.2, 0.25) is 5.91 Å². The third-order valence-corrected chi connectivity index (χ3v) is 5.49. The van der Waals surface area contributed by atoms with Gasteiger partial charge in [0.1, 0.15) is 5.65 Å². The Kier molecular flexibility index (Phi) is 5.99. The molecule has 0 aliphatic rings. The van der Waals surface area contributed by atoms with Crippen molar-refractivity contribution >= 4 is 11.6 Å². The molecule has 4 aromatic rings. The molecule has 0 saturated carbocycles. The number of imidazole rings is 1. The lowest BCUT2D eigenvalue weighted by atomic mass is 9.91. The van der Waals surface area contributed by atoms with Crippen LogP contribution in [0.3, 0.4) is 0 Å². The van der Waals surface area contributed by atoms with Gasteiger partial charge in [-0.15, -0.1) is 0 Å². The summed E-state index contributed by atoms with van der Waals surface area (Å²) in [6, 6.07) is 19.9. The predicted molar refractivity (Wildman–Crippen MR) is 116 cm³/mol. The molecule has 7 heteroatoms. The zero-order chi connectivity index (χ0) is 22.7. The zero-order valence-corrected chi connectivity index (χ0v) is 17.4. The Hall–Kier alpha value is -3.61. The van der Waals surface area contributed by atoms with Gasteiger partial charge in [-0.1, -0.05) is 54.6 Å². The van der Waals surface area contributed by atoms with Crippen LogP contribution in [0.4, 0.5) is 13.2 Å². The maximum absolute atomic E-state index is 13.4. The van der Waals surface area contributed by atoms with E-state index in [1.165, 1.54) is 6.07 Å².